The summed E-state index contributed by atoms with van der Waals surface area (Å²) in [4.78, 5) is 23.2. The van der Waals surface area contributed by atoms with Gasteiger partial charge < -0.3 is 10.6 Å². The summed E-state index contributed by atoms with van der Waals surface area (Å²) in [6.45, 7) is 2.16. The van der Waals surface area contributed by atoms with Gasteiger partial charge in [0.15, 0.2) is 5.78 Å². The zero-order valence-electron chi connectivity index (χ0n) is 12.0. The average Bonchev–Trinajstić information content (AvgIpc) is 2.86. The number of hydrogen-bond acceptors (Lipinski definition) is 5. The third-order valence-electron chi connectivity index (χ3n) is 2.80. The molecule has 0 aliphatic carbocycles. The highest BCUT2D eigenvalue weighted by atomic mass is 16.2. The van der Waals surface area contributed by atoms with E-state index in [1.54, 1.807) is 30.5 Å². The van der Waals surface area contributed by atoms with E-state index in [-0.39, 0.29) is 18.2 Å². The highest BCUT2D eigenvalue weighted by Gasteiger charge is 2.07. The maximum atomic E-state index is 11.9. The fraction of sp³-hybridized carbons (Fsp3) is 0.286. The molecule has 7 nitrogen and oxygen atoms in total. The van der Waals surface area contributed by atoms with E-state index >= 15 is 0 Å². The molecule has 0 spiro atoms. The topological polar surface area (TPSA) is 88.9 Å². The smallest absolute Gasteiger partial charge is 0.246 e. The average molecular weight is 287 g/mol. The number of ketones is 1. The van der Waals surface area contributed by atoms with Gasteiger partial charge >= 0.3 is 0 Å². The third-order valence-corrected chi connectivity index (χ3v) is 2.80. The zero-order chi connectivity index (χ0) is 15.2. The Balaban J connectivity index is 1.97. The number of Topliss-reactive ketones (excluding diaryl/α,β-unsaturated/α-hetero) is 1. The van der Waals surface area contributed by atoms with Crippen LogP contribution in [0.4, 0.5) is 5.69 Å². The first-order chi connectivity index (χ1) is 10.1. The molecule has 2 aromatic rings. The highest BCUT2D eigenvalue weighted by molar-refractivity contribution is 5.97. The first-order valence-electron chi connectivity index (χ1n) is 6.53. The Morgan fingerprint density at radius 3 is 2.86 bits per heavy atom. The van der Waals surface area contributed by atoms with Crippen LogP contribution in [0.5, 0.6) is 0 Å². The molecule has 0 unspecified atom stereocenters. The Bertz CT molecular complexity index is 650. The number of aromatic nitrogens is 3. The van der Waals surface area contributed by atoms with Gasteiger partial charge in [0.05, 0.1) is 11.9 Å². The molecule has 1 heterocycles. The largest absolute Gasteiger partial charge is 0.324 e. The summed E-state index contributed by atoms with van der Waals surface area (Å²) in [6, 6.07) is 6.82. The van der Waals surface area contributed by atoms with E-state index in [0.29, 0.717) is 17.8 Å². The van der Waals surface area contributed by atoms with Crippen molar-refractivity contribution in [1.82, 2.24) is 20.3 Å². The molecular formula is C14H17N5O2. The number of carbonyl (C=O) groups is 2. The first-order valence-corrected chi connectivity index (χ1v) is 6.53. The van der Waals surface area contributed by atoms with Crippen LogP contribution in [0.15, 0.2) is 30.5 Å². The van der Waals surface area contributed by atoms with Crippen molar-refractivity contribution in [2.24, 2.45) is 0 Å². The van der Waals surface area contributed by atoms with Crippen molar-refractivity contribution in [3.05, 3.63) is 41.7 Å². The number of benzene rings is 1. The molecule has 1 aromatic carbocycles. The number of amides is 1. The number of rotatable bonds is 6. The minimum absolute atomic E-state index is 0.0425. The van der Waals surface area contributed by atoms with Crippen LogP contribution >= 0.6 is 0 Å². The van der Waals surface area contributed by atoms with Crippen LogP contribution in [0.1, 0.15) is 23.0 Å². The Morgan fingerprint density at radius 2 is 2.14 bits per heavy atom. The Hall–Kier alpha value is -2.54. The van der Waals surface area contributed by atoms with Crippen molar-refractivity contribution in [2.75, 3.05) is 12.4 Å². The summed E-state index contributed by atoms with van der Waals surface area (Å²) in [7, 11) is 1.81. The van der Waals surface area contributed by atoms with Crippen LogP contribution in [0, 0.1) is 0 Å². The van der Waals surface area contributed by atoms with Gasteiger partial charge in [0.1, 0.15) is 6.54 Å². The van der Waals surface area contributed by atoms with Crippen LogP contribution in [-0.2, 0) is 17.9 Å². The number of anilines is 1. The molecule has 0 saturated heterocycles. The van der Waals surface area contributed by atoms with Gasteiger partial charge in [0.2, 0.25) is 5.91 Å². The van der Waals surface area contributed by atoms with Crippen molar-refractivity contribution in [1.29, 1.82) is 0 Å². The monoisotopic (exact) mass is 287 g/mol. The van der Waals surface area contributed by atoms with Gasteiger partial charge in [-0.15, -0.1) is 5.10 Å². The molecule has 1 aromatic heterocycles. The minimum atomic E-state index is -0.225. The predicted octanol–water partition coefficient (Wildman–Crippen LogP) is 0.839. The molecule has 0 aliphatic rings. The molecule has 1 amide bonds. The SMILES string of the molecule is CNCc1cn(CC(=O)Nc2cccc(C(C)=O)c2)nn1. The van der Waals surface area contributed by atoms with Crippen molar-refractivity contribution < 1.29 is 9.59 Å². The standard InChI is InChI=1S/C14H17N5O2/c1-10(20)11-4-3-5-12(6-11)16-14(21)9-19-8-13(7-15-2)17-18-19/h3-6,8,15H,7,9H2,1-2H3,(H,16,21). The van der Waals surface area contributed by atoms with E-state index in [4.69, 9.17) is 0 Å². The Kier molecular flexibility index (Phi) is 4.78. The van der Waals surface area contributed by atoms with E-state index in [1.165, 1.54) is 11.6 Å². The van der Waals surface area contributed by atoms with E-state index in [0.717, 1.165) is 5.69 Å². The van der Waals surface area contributed by atoms with Crippen molar-refractivity contribution >= 4 is 17.4 Å². The minimum Gasteiger partial charge on any atom is -0.324 e. The second-order valence-corrected chi connectivity index (χ2v) is 4.62. The zero-order valence-corrected chi connectivity index (χ0v) is 12.0. The van der Waals surface area contributed by atoms with Gasteiger partial charge in [-0.05, 0) is 26.1 Å². The number of nitrogens with zero attached hydrogens (tertiary/aromatic N) is 3. The lowest BCUT2D eigenvalue weighted by molar-refractivity contribution is -0.116. The summed E-state index contributed by atoms with van der Waals surface area (Å²) in [6.07, 6.45) is 1.71. The van der Waals surface area contributed by atoms with Gasteiger partial charge in [-0.3, -0.25) is 9.59 Å². The summed E-state index contributed by atoms with van der Waals surface area (Å²) in [5.74, 6) is -0.268. The molecule has 0 radical (unpaired) electrons. The molecule has 2 N–H and O–H groups in total. The lowest BCUT2D eigenvalue weighted by Gasteiger charge is -2.06. The van der Waals surface area contributed by atoms with Crippen molar-refractivity contribution in [3.63, 3.8) is 0 Å². The number of nitrogens with one attached hydrogen (secondary N) is 2. The number of carbonyl (C=O) groups excluding carboxylic acids is 2. The second kappa shape index (κ2) is 6.76. The molecule has 110 valence electrons. The second-order valence-electron chi connectivity index (χ2n) is 4.62. The lowest BCUT2D eigenvalue weighted by atomic mass is 10.1. The molecular weight excluding hydrogens is 270 g/mol. The predicted molar refractivity (Wildman–Crippen MR) is 77.9 cm³/mol. The van der Waals surface area contributed by atoms with E-state index < -0.39 is 0 Å². The van der Waals surface area contributed by atoms with Gasteiger partial charge in [-0.1, -0.05) is 17.3 Å². The Labute approximate surface area is 122 Å². The number of hydrogen-bond donors (Lipinski definition) is 2. The third kappa shape index (κ3) is 4.22. The molecule has 0 atom stereocenters. The molecule has 0 aliphatic heterocycles. The summed E-state index contributed by atoms with van der Waals surface area (Å²) < 4.78 is 1.47. The van der Waals surface area contributed by atoms with Crippen LogP contribution in [0.25, 0.3) is 0 Å². The fourth-order valence-corrected chi connectivity index (χ4v) is 1.84. The molecule has 0 bridgehead atoms. The van der Waals surface area contributed by atoms with Gasteiger partial charge in [0.25, 0.3) is 0 Å². The maximum Gasteiger partial charge on any atom is 0.246 e. The first kappa shape index (κ1) is 14.9. The maximum absolute atomic E-state index is 11.9. The summed E-state index contributed by atoms with van der Waals surface area (Å²) in [5, 5.41) is 13.5. The molecule has 0 saturated carbocycles. The van der Waals surface area contributed by atoms with Crippen LogP contribution < -0.4 is 10.6 Å². The highest BCUT2D eigenvalue weighted by Crippen LogP contribution is 2.11. The summed E-state index contributed by atoms with van der Waals surface area (Å²) in [5.41, 5.74) is 1.91. The normalized spacial score (nSPS) is 10.4. The van der Waals surface area contributed by atoms with E-state index in [9.17, 15) is 9.59 Å². The van der Waals surface area contributed by atoms with Crippen LogP contribution in [0.2, 0.25) is 0 Å². The van der Waals surface area contributed by atoms with Crippen molar-refractivity contribution in [2.45, 2.75) is 20.0 Å². The molecule has 2 rings (SSSR count). The van der Waals surface area contributed by atoms with Gasteiger partial charge in [-0.25, -0.2) is 4.68 Å². The van der Waals surface area contributed by atoms with Gasteiger partial charge in [0, 0.05) is 17.8 Å². The van der Waals surface area contributed by atoms with Crippen LogP contribution in [-0.4, -0.2) is 33.7 Å². The van der Waals surface area contributed by atoms with E-state index in [1.807, 2.05) is 7.05 Å². The quantitative estimate of drug-likeness (QED) is 0.768. The fourth-order valence-electron chi connectivity index (χ4n) is 1.84. The molecule has 0 fully saturated rings. The van der Waals surface area contributed by atoms with Gasteiger partial charge in [-0.2, -0.15) is 0 Å². The van der Waals surface area contributed by atoms with Crippen LogP contribution in [0.3, 0.4) is 0 Å². The lowest BCUT2D eigenvalue weighted by Crippen LogP contribution is -2.19. The molecule has 21 heavy (non-hydrogen) atoms. The molecule has 7 heteroatoms. The Morgan fingerprint density at radius 1 is 1.33 bits per heavy atom. The van der Waals surface area contributed by atoms with Crippen molar-refractivity contribution in [3.8, 4) is 0 Å². The van der Waals surface area contributed by atoms with E-state index in [2.05, 4.69) is 20.9 Å². The summed E-state index contributed by atoms with van der Waals surface area (Å²) >= 11 is 0.